The topological polar surface area (TPSA) is 103 Å². The van der Waals surface area contributed by atoms with Crippen LogP contribution in [0.2, 0.25) is 4.47 Å². The Bertz CT molecular complexity index is 696. The van der Waals surface area contributed by atoms with Crippen molar-refractivity contribution in [3.05, 3.63) is 16.7 Å². The lowest BCUT2D eigenvalue weighted by molar-refractivity contribution is 0.373. The summed E-state index contributed by atoms with van der Waals surface area (Å²) in [6.45, 7) is 0. The highest BCUT2D eigenvalue weighted by atomic mass is 35.5. The number of nitrogens with zero attached hydrogens (tertiary/aromatic N) is 3. The van der Waals surface area contributed by atoms with Crippen molar-refractivity contribution >= 4 is 38.9 Å². The zero-order chi connectivity index (χ0) is 14.8. The molecule has 2 aromatic rings. The second-order valence-corrected chi connectivity index (χ2v) is 6.84. The van der Waals surface area contributed by atoms with Gasteiger partial charge in [-0.25, -0.2) is 18.1 Å². The molecular weight excluding hydrogens is 328 g/mol. The van der Waals surface area contributed by atoms with Crippen LogP contribution in [0, 0.1) is 0 Å². The highest BCUT2D eigenvalue weighted by molar-refractivity contribution is 7.94. The molecule has 0 amide bonds. The molecule has 2 heterocycles. The Labute approximate surface area is 123 Å². The monoisotopic (exact) mass is 336 g/mol. The third-order valence-corrected chi connectivity index (χ3v) is 4.95. The highest BCUT2D eigenvalue weighted by Gasteiger charge is 2.20. The molecule has 0 atom stereocenters. The predicted octanol–water partition coefficient (Wildman–Crippen LogP) is 1.40. The van der Waals surface area contributed by atoms with Gasteiger partial charge in [-0.15, -0.1) is 0 Å². The van der Waals surface area contributed by atoms with Crippen LogP contribution in [0.5, 0.6) is 11.8 Å². The van der Waals surface area contributed by atoms with E-state index in [0.717, 1.165) is 17.5 Å². The van der Waals surface area contributed by atoms with Crippen LogP contribution in [0.3, 0.4) is 0 Å². The Morgan fingerprint density at radius 2 is 1.85 bits per heavy atom. The number of sulfonamides is 1. The SMILES string of the molecule is COc1cc(OC)nc(NS(=O)(=O)c2cnc(Cl)s2)n1. The summed E-state index contributed by atoms with van der Waals surface area (Å²) in [7, 11) is -1.07. The Hall–Kier alpha value is -1.65. The minimum atomic E-state index is -3.86. The standard InChI is InChI=1S/C9H9ClN4O4S2/c1-17-5-3-6(18-2)13-9(12-5)14-20(15,16)7-4-11-8(10)19-7/h3-4H,1-2H3,(H,12,13,14). The molecule has 0 aliphatic heterocycles. The van der Waals surface area contributed by atoms with E-state index in [1.165, 1.54) is 20.3 Å². The maximum atomic E-state index is 12.1. The fourth-order valence-corrected chi connectivity index (χ4v) is 3.43. The first-order valence-corrected chi connectivity index (χ1v) is 7.73. The molecule has 11 heteroatoms. The number of halogens is 1. The van der Waals surface area contributed by atoms with Crippen LogP contribution in [-0.4, -0.2) is 37.6 Å². The van der Waals surface area contributed by atoms with Gasteiger partial charge in [0.15, 0.2) is 8.68 Å². The van der Waals surface area contributed by atoms with Gasteiger partial charge in [0.1, 0.15) is 0 Å². The van der Waals surface area contributed by atoms with Crippen LogP contribution in [0.4, 0.5) is 5.95 Å². The van der Waals surface area contributed by atoms with Crippen LogP contribution in [0.1, 0.15) is 0 Å². The zero-order valence-corrected chi connectivity index (χ0v) is 12.7. The summed E-state index contributed by atoms with van der Waals surface area (Å²) in [5, 5.41) is 0. The Morgan fingerprint density at radius 3 is 2.30 bits per heavy atom. The van der Waals surface area contributed by atoms with E-state index in [2.05, 4.69) is 19.7 Å². The number of hydrogen-bond acceptors (Lipinski definition) is 8. The van der Waals surface area contributed by atoms with Gasteiger partial charge in [-0.3, -0.25) is 0 Å². The van der Waals surface area contributed by atoms with Crippen molar-refractivity contribution in [2.24, 2.45) is 0 Å². The van der Waals surface area contributed by atoms with Crippen molar-refractivity contribution < 1.29 is 17.9 Å². The lowest BCUT2D eigenvalue weighted by Crippen LogP contribution is -2.14. The lowest BCUT2D eigenvalue weighted by Gasteiger charge is -2.07. The molecular formula is C9H9ClN4O4S2. The Balaban J connectivity index is 2.33. The summed E-state index contributed by atoms with van der Waals surface area (Å²) in [4.78, 5) is 11.4. The number of aromatic nitrogens is 3. The van der Waals surface area contributed by atoms with Crippen molar-refractivity contribution in [1.29, 1.82) is 0 Å². The first-order valence-electron chi connectivity index (χ1n) is 5.06. The fourth-order valence-electron chi connectivity index (χ4n) is 1.19. The van der Waals surface area contributed by atoms with Gasteiger partial charge in [0.25, 0.3) is 10.0 Å². The van der Waals surface area contributed by atoms with Crippen molar-refractivity contribution in [1.82, 2.24) is 15.0 Å². The molecule has 0 spiro atoms. The molecule has 0 fully saturated rings. The summed E-state index contributed by atoms with van der Waals surface area (Å²) >= 11 is 6.43. The molecule has 2 aromatic heterocycles. The van der Waals surface area contributed by atoms with E-state index >= 15 is 0 Å². The molecule has 0 saturated carbocycles. The molecule has 0 saturated heterocycles. The molecule has 0 unspecified atom stereocenters. The van der Waals surface area contributed by atoms with Gasteiger partial charge in [-0.05, 0) is 0 Å². The number of ether oxygens (including phenoxy) is 2. The lowest BCUT2D eigenvalue weighted by atomic mass is 10.6. The summed E-state index contributed by atoms with van der Waals surface area (Å²) < 4.78 is 36.2. The molecule has 0 radical (unpaired) electrons. The molecule has 0 aromatic carbocycles. The Kier molecular flexibility index (Phi) is 4.26. The van der Waals surface area contributed by atoms with Gasteiger partial charge in [0, 0.05) is 0 Å². The third kappa shape index (κ3) is 3.26. The number of hydrogen-bond donors (Lipinski definition) is 1. The highest BCUT2D eigenvalue weighted by Crippen LogP contribution is 2.25. The van der Waals surface area contributed by atoms with Crippen molar-refractivity contribution in [3.8, 4) is 11.8 Å². The van der Waals surface area contributed by atoms with E-state index in [1.807, 2.05) is 0 Å². The van der Waals surface area contributed by atoms with E-state index in [4.69, 9.17) is 21.1 Å². The average Bonchev–Trinajstić information content (AvgIpc) is 2.85. The van der Waals surface area contributed by atoms with Crippen molar-refractivity contribution in [2.75, 3.05) is 18.9 Å². The second kappa shape index (κ2) is 5.77. The Morgan fingerprint density at radius 1 is 1.25 bits per heavy atom. The predicted molar refractivity (Wildman–Crippen MR) is 73.1 cm³/mol. The first kappa shape index (κ1) is 14.8. The molecule has 0 bridgehead atoms. The molecule has 2 rings (SSSR count). The van der Waals surface area contributed by atoms with Gasteiger partial charge in [-0.1, -0.05) is 22.9 Å². The van der Waals surface area contributed by atoms with Gasteiger partial charge >= 0.3 is 0 Å². The molecule has 1 N–H and O–H groups in total. The second-order valence-electron chi connectivity index (χ2n) is 3.31. The normalized spacial score (nSPS) is 11.2. The van der Waals surface area contributed by atoms with E-state index in [9.17, 15) is 8.42 Å². The zero-order valence-electron chi connectivity index (χ0n) is 10.3. The quantitative estimate of drug-likeness (QED) is 0.880. The van der Waals surface area contributed by atoms with Crippen LogP contribution in [0.15, 0.2) is 16.5 Å². The summed E-state index contributed by atoms with van der Waals surface area (Å²) in [5.41, 5.74) is 0. The number of nitrogens with one attached hydrogen (secondary N) is 1. The summed E-state index contributed by atoms with van der Waals surface area (Å²) in [6.07, 6.45) is 1.15. The largest absolute Gasteiger partial charge is 0.481 e. The van der Waals surface area contributed by atoms with Crippen LogP contribution >= 0.6 is 22.9 Å². The molecule has 0 aliphatic rings. The fraction of sp³-hybridized carbons (Fsp3) is 0.222. The van der Waals surface area contributed by atoms with Crippen LogP contribution in [-0.2, 0) is 10.0 Å². The first-order chi connectivity index (χ1) is 9.44. The smallest absolute Gasteiger partial charge is 0.275 e. The minimum absolute atomic E-state index is 0.0483. The van der Waals surface area contributed by atoms with Crippen molar-refractivity contribution in [3.63, 3.8) is 0 Å². The van der Waals surface area contributed by atoms with Gasteiger partial charge < -0.3 is 9.47 Å². The number of anilines is 1. The molecule has 8 nitrogen and oxygen atoms in total. The van der Waals surface area contributed by atoms with E-state index in [1.54, 1.807) is 0 Å². The maximum Gasteiger partial charge on any atom is 0.275 e. The number of methoxy groups -OCH3 is 2. The van der Waals surface area contributed by atoms with Gasteiger partial charge in [0.05, 0.1) is 26.5 Å². The summed E-state index contributed by atoms with van der Waals surface area (Å²) in [5.74, 6) is 0.152. The van der Waals surface area contributed by atoms with Crippen molar-refractivity contribution in [2.45, 2.75) is 4.21 Å². The summed E-state index contributed by atoms with van der Waals surface area (Å²) in [6, 6.07) is 1.42. The third-order valence-electron chi connectivity index (χ3n) is 2.04. The van der Waals surface area contributed by atoms with E-state index < -0.39 is 10.0 Å². The average molecular weight is 337 g/mol. The molecule has 20 heavy (non-hydrogen) atoms. The molecule has 108 valence electrons. The van der Waals surface area contributed by atoms with Crippen LogP contribution in [0.25, 0.3) is 0 Å². The maximum absolute atomic E-state index is 12.1. The number of thiazole rings is 1. The minimum Gasteiger partial charge on any atom is -0.481 e. The van der Waals surface area contributed by atoms with E-state index in [-0.39, 0.29) is 26.4 Å². The van der Waals surface area contributed by atoms with Gasteiger partial charge in [0.2, 0.25) is 17.7 Å². The van der Waals surface area contributed by atoms with Crippen LogP contribution < -0.4 is 14.2 Å². The number of rotatable bonds is 5. The molecule has 0 aliphatic carbocycles. The van der Waals surface area contributed by atoms with Gasteiger partial charge in [-0.2, -0.15) is 9.97 Å². The van der Waals surface area contributed by atoms with E-state index in [0.29, 0.717) is 0 Å².